The van der Waals surface area contributed by atoms with Crippen molar-refractivity contribution in [3.63, 3.8) is 0 Å². The predicted molar refractivity (Wildman–Crippen MR) is 86.5 cm³/mol. The molecular formula is C15H10BrClFN3. The molecule has 3 N–H and O–H groups in total. The first-order chi connectivity index (χ1) is 10.1. The maximum atomic E-state index is 13.1. The van der Waals surface area contributed by atoms with Crippen molar-refractivity contribution in [2.75, 3.05) is 5.73 Å². The molecule has 3 aromatic rings. The van der Waals surface area contributed by atoms with E-state index < -0.39 is 0 Å². The molecule has 1 heterocycles. The second kappa shape index (κ2) is 5.50. The van der Waals surface area contributed by atoms with Crippen LogP contribution in [0.5, 0.6) is 0 Å². The summed E-state index contributed by atoms with van der Waals surface area (Å²) in [5.41, 5.74) is 9.02. The van der Waals surface area contributed by atoms with E-state index in [0.29, 0.717) is 10.8 Å². The highest BCUT2D eigenvalue weighted by atomic mass is 79.9. The summed E-state index contributed by atoms with van der Waals surface area (Å²) < 4.78 is 13.9. The number of rotatable bonds is 2. The van der Waals surface area contributed by atoms with Crippen molar-refractivity contribution in [2.45, 2.75) is 0 Å². The van der Waals surface area contributed by atoms with Crippen LogP contribution in [0, 0.1) is 5.82 Å². The molecule has 0 aliphatic rings. The van der Waals surface area contributed by atoms with Crippen LogP contribution < -0.4 is 5.73 Å². The lowest BCUT2D eigenvalue weighted by Crippen LogP contribution is -1.89. The van der Waals surface area contributed by atoms with E-state index in [1.54, 1.807) is 18.2 Å². The number of H-pyrrole nitrogens is 1. The summed E-state index contributed by atoms with van der Waals surface area (Å²) in [5, 5.41) is 7.57. The molecule has 0 aliphatic carbocycles. The van der Waals surface area contributed by atoms with Gasteiger partial charge in [-0.15, -0.1) is 0 Å². The number of hydrogen-bond acceptors (Lipinski definition) is 2. The lowest BCUT2D eigenvalue weighted by Gasteiger charge is -2.07. The Morgan fingerprint density at radius 3 is 2.57 bits per heavy atom. The molecule has 0 saturated heterocycles. The minimum absolute atomic E-state index is 0.300. The minimum Gasteiger partial charge on any atom is -0.382 e. The van der Waals surface area contributed by atoms with Gasteiger partial charge in [0.25, 0.3) is 0 Å². The Labute approximate surface area is 134 Å². The van der Waals surface area contributed by atoms with E-state index in [1.165, 1.54) is 12.1 Å². The summed E-state index contributed by atoms with van der Waals surface area (Å²) in [4.78, 5) is 0. The van der Waals surface area contributed by atoms with Crippen molar-refractivity contribution in [1.82, 2.24) is 10.2 Å². The van der Waals surface area contributed by atoms with Gasteiger partial charge in [-0.25, -0.2) is 4.39 Å². The first-order valence-electron chi connectivity index (χ1n) is 6.11. The fraction of sp³-hybridized carbons (Fsp3) is 0. The second-order valence-electron chi connectivity index (χ2n) is 4.49. The molecule has 1 aromatic heterocycles. The van der Waals surface area contributed by atoms with E-state index in [0.717, 1.165) is 26.9 Å². The van der Waals surface area contributed by atoms with Crippen LogP contribution >= 0.6 is 27.5 Å². The number of aromatic amines is 1. The summed E-state index contributed by atoms with van der Waals surface area (Å²) >= 11 is 9.54. The van der Waals surface area contributed by atoms with Gasteiger partial charge in [-0.1, -0.05) is 39.7 Å². The van der Waals surface area contributed by atoms with Gasteiger partial charge < -0.3 is 5.73 Å². The Morgan fingerprint density at radius 1 is 1.14 bits per heavy atom. The zero-order chi connectivity index (χ0) is 15.0. The van der Waals surface area contributed by atoms with Gasteiger partial charge in [0.05, 0.1) is 11.3 Å². The first-order valence-corrected chi connectivity index (χ1v) is 7.28. The second-order valence-corrected chi connectivity index (χ2v) is 5.78. The Morgan fingerprint density at radius 2 is 1.86 bits per heavy atom. The molecule has 106 valence electrons. The zero-order valence-electron chi connectivity index (χ0n) is 10.7. The van der Waals surface area contributed by atoms with Crippen LogP contribution in [0.4, 0.5) is 10.2 Å². The van der Waals surface area contributed by atoms with E-state index in [9.17, 15) is 4.39 Å². The average molecular weight is 367 g/mol. The monoisotopic (exact) mass is 365 g/mol. The lowest BCUT2D eigenvalue weighted by atomic mass is 10.0. The molecule has 0 spiro atoms. The van der Waals surface area contributed by atoms with Crippen molar-refractivity contribution in [1.29, 1.82) is 0 Å². The average Bonchev–Trinajstić information content (AvgIpc) is 2.84. The summed E-state index contributed by atoms with van der Waals surface area (Å²) in [5.74, 6) is 0.0507. The standard InChI is InChI=1S/C15H10BrClFN3/c16-12-6-3-9(17)7-11(12)14-13(15(19)21-20-14)8-1-4-10(18)5-2-8/h1-7H,(H3,19,20,21). The molecule has 6 heteroatoms. The molecule has 0 atom stereocenters. The largest absolute Gasteiger partial charge is 0.382 e. The Bertz CT molecular complexity index is 799. The minimum atomic E-state index is -0.300. The van der Waals surface area contributed by atoms with E-state index in [1.807, 2.05) is 12.1 Å². The van der Waals surface area contributed by atoms with E-state index in [2.05, 4.69) is 26.1 Å². The topological polar surface area (TPSA) is 54.7 Å². The first kappa shape index (κ1) is 14.1. The Balaban J connectivity index is 2.21. The van der Waals surface area contributed by atoms with Gasteiger partial charge in [0.15, 0.2) is 5.82 Å². The van der Waals surface area contributed by atoms with Gasteiger partial charge in [0.1, 0.15) is 5.82 Å². The molecule has 0 unspecified atom stereocenters. The lowest BCUT2D eigenvalue weighted by molar-refractivity contribution is 0.628. The number of anilines is 1. The highest BCUT2D eigenvalue weighted by Gasteiger charge is 2.17. The third-order valence-electron chi connectivity index (χ3n) is 3.12. The van der Waals surface area contributed by atoms with Crippen LogP contribution in [-0.2, 0) is 0 Å². The maximum Gasteiger partial charge on any atom is 0.153 e. The number of aromatic nitrogens is 2. The molecule has 3 rings (SSSR count). The quantitative estimate of drug-likeness (QED) is 0.679. The fourth-order valence-corrected chi connectivity index (χ4v) is 2.77. The number of hydrogen-bond donors (Lipinski definition) is 2. The number of nitrogens with zero attached hydrogens (tertiary/aromatic N) is 1. The Kier molecular flexibility index (Phi) is 3.69. The van der Waals surface area contributed by atoms with Crippen molar-refractivity contribution in [3.05, 3.63) is 57.8 Å². The summed E-state index contributed by atoms with van der Waals surface area (Å²) in [6, 6.07) is 11.6. The highest BCUT2D eigenvalue weighted by molar-refractivity contribution is 9.10. The predicted octanol–water partition coefficient (Wildman–Crippen LogP) is 4.88. The van der Waals surface area contributed by atoms with Gasteiger partial charge in [-0.2, -0.15) is 5.10 Å². The molecule has 3 nitrogen and oxygen atoms in total. The normalized spacial score (nSPS) is 10.8. The van der Waals surface area contributed by atoms with Crippen LogP contribution in [-0.4, -0.2) is 10.2 Å². The van der Waals surface area contributed by atoms with Gasteiger partial charge in [-0.05, 0) is 35.9 Å². The van der Waals surface area contributed by atoms with Crippen molar-refractivity contribution in [2.24, 2.45) is 0 Å². The fourth-order valence-electron chi connectivity index (χ4n) is 2.15. The summed E-state index contributed by atoms with van der Waals surface area (Å²) in [7, 11) is 0. The molecule has 21 heavy (non-hydrogen) atoms. The van der Waals surface area contributed by atoms with Crippen molar-refractivity contribution >= 4 is 33.3 Å². The van der Waals surface area contributed by atoms with Crippen LogP contribution in [0.2, 0.25) is 5.02 Å². The smallest absolute Gasteiger partial charge is 0.153 e. The molecule has 0 fully saturated rings. The van der Waals surface area contributed by atoms with Crippen LogP contribution in [0.3, 0.4) is 0 Å². The highest BCUT2D eigenvalue weighted by Crippen LogP contribution is 2.38. The van der Waals surface area contributed by atoms with E-state index in [4.69, 9.17) is 17.3 Å². The van der Waals surface area contributed by atoms with Gasteiger partial charge in [0.2, 0.25) is 0 Å². The third kappa shape index (κ3) is 2.66. The summed E-state index contributed by atoms with van der Waals surface area (Å²) in [6.45, 7) is 0. The van der Waals surface area contributed by atoms with Gasteiger partial charge in [-0.3, -0.25) is 5.10 Å². The SMILES string of the molecule is Nc1n[nH]c(-c2cc(Cl)ccc2Br)c1-c1ccc(F)cc1. The van der Waals surface area contributed by atoms with Crippen LogP contribution in [0.15, 0.2) is 46.9 Å². The molecule has 0 bridgehead atoms. The zero-order valence-corrected chi connectivity index (χ0v) is 13.0. The summed E-state index contributed by atoms with van der Waals surface area (Å²) in [6.07, 6.45) is 0. The molecule has 0 saturated carbocycles. The molecule has 0 radical (unpaired) electrons. The number of nitrogens with one attached hydrogen (secondary N) is 1. The third-order valence-corrected chi connectivity index (χ3v) is 4.05. The Hall–Kier alpha value is -1.85. The number of halogens is 3. The molecule has 0 amide bonds. The number of nitrogens with two attached hydrogens (primary N) is 1. The molecule has 0 aliphatic heterocycles. The van der Waals surface area contributed by atoms with E-state index >= 15 is 0 Å². The number of nitrogen functional groups attached to an aromatic ring is 1. The molecular weight excluding hydrogens is 357 g/mol. The van der Waals surface area contributed by atoms with Gasteiger partial charge in [0, 0.05) is 15.1 Å². The van der Waals surface area contributed by atoms with Crippen LogP contribution in [0.1, 0.15) is 0 Å². The van der Waals surface area contributed by atoms with E-state index in [-0.39, 0.29) is 5.82 Å². The number of benzene rings is 2. The molecule has 2 aromatic carbocycles. The van der Waals surface area contributed by atoms with Crippen LogP contribution in [0.25, 0.3) is 22.4 Å². The van der Waals surface area contributed by atoms with Gasteiger partial charge >= 0.3 is 0 Å². The van der Waals surface area contributed by atoms with Crippen molar-refractivity contribution in [3.8, 4) is 22.4 Å². The maximum absolute atomic E-state index is 13.1. The van der Waals surface area contributed by atoms with Crippen molar-refractivity contribution < 1.29 is 4.39 Å².